The lowest BCUT2D eigenvalue weighted by Gasteiger charge is -2.24. The third-order valence-corrected chi connectivity index (χ3v) is 7.50. The van der Waals surface area contributed by atoms with Crippen LogP contribution in [0.5, 0.6) is 0 Å². The Balaban J connectivity index is 1.38. The molecule has 220 valence electrons. The number of nitrogens with two attached hydrogens (primary N) is 1. The number of carbonyl (C=O) groups is 3. The van der Waals surface area contributed by atoms with E-state index < -0.39 is 29.8 Å². The lowest BCUT2D eigenvalue weighted by atomic mass is 10.1. The van der Waals surface area contributed by atoms with Crippen LogP contribution in [0.4, 0.5) is 14.6 Å². The summed E-state index contributed by atoms with van der Waals surface area (Å²) in [5.74, 6) is 4.75. The van der Waals surface area contributed by atoms with E-state index >= 15 is 0 Å². The number of halogens is 3. The predicted octanol–water partition coefficient (Wildman–Crippen LogP) is 3.97. The van der Waals surface area contributed by atoms with Crippen LogP contribution in [0.15, 0.2) is 48.8 Å². The minimum Gasteiger partial charge on any atom is -0.383 e. The molecule has 0 bridgehead atoms. The molecule has 2 aromatic carbocycles. The second-order valence-electron chi connectivity index (χ2n) is 10.3. The van der Waals surface area contributed by atoms with Crippen LogP contribution < -0.4 is 11.1 Å². The van der Waals surface area contributed by atoms with E-state index in [1.54, 1.807) is 42.0 Å². The van der Waals surface area contributed by atoms with Crippen LogP contribution in [-0.2, 0) is 22.7 Å². The molecule has 1 saturated heterocycles. The summed E-state index contributed by atoms with van der Waals surface area (Å²) in [4.78, 5) is 48.3. The summed E-state index contributed by atoms with van der Waals surface area (Å²) in [6.07, 6.45) is 1.50. The average molecular weight is 605 g/mol. The van der Waals surface area contributed by atoms with Gasteiger partial charge in [-0.15, -0.1) is 0 Å². The monoisotopic (exact) mass is 604 g/mol. The fraction of sp³-hybridized carbons (Fsp3) is 0.258. The number of nitrogens with zero attached hydrogens (tertiary/aromatic N) is 4. The lowest BCUT2D eigenvalue weighted by molar-refractivity contribution is -0.139. The van der Waals surface area contributed by atoms with Crippen LogP contribution in [0.1, 0.15) is 46.2 Å². The Morgan fingerprint density at radius 1 is 1.21 bits per heavy atom. The molecule has 0 spiro atoms. The Hall–Kier alpha value is -4.82. The first-order valence-electron chi connectivity index (χ1n) is 13.4. The highest BCUT2D eigenvalue weighted by Gasteiger charge is 2.39. The maximum atomic E-state index is 14.5. The molecule has 0 radical (unpaired) electrons. The summed E-state index contributed by atoms with van der Waals surface area (Å²) < 4.78 is 30.4. The molecule has 9 nitrogen and oxygen atoms in total. The van der Waals surface area contributed by atoms with Gasteiger partial charge in [0, 0.05) is 47.4 Å². The number of likely N-dealkylation sites (tertiary alicyclic amines) is 1. The van der Waals surface area contributed by atoms with Crippen molar-refractivity contribution in [3.8, 4) is 11.8 Å². The smallest absolute Gasteiger partial charge is 0.243 e. The zero-order chi connectivity index (χ0) is 30.8. The number of nitrogen functional groups attached to an aromatic ring is 1. The number of hydrogen-bond acceptors (Lipinski definition) is 6. The van der Waals surface area contributed by atoms with Gasteiger partial charge in [0.2, 0.25) is 11.8 Å². The molecule has 1 fully saturated rings. The second-order valence-corrected chi connectivity index (χ2v) is 10.7. The van der Waals surface area contributed by atoms with Gasteiger partial charge in [-0.25, -0.2) is 18.7 Å². The molecule has 0 unspecified atom stereocenters. The molecule has 1 aliphatic heterocycles. The SMILES string of the molecule is CC(=O)c1cn(CC(=O)N2C[C@H](F)C[C@H]2C(=O)NCc2cccc(Cl)c2F)c2cc(C#Cc3cnc(C)nc3N)ccc12. The quantitative estimate of drug-likeness (QED) is 0.254. The zero-order valence-corrected chi connectivity index (χ0v) is 24.1. The number of aromatic nitrogens is 3. The number of hydrogen-bond donors (Lipinski definition) is 2. The first-order chi connectivity index (χ1) is 20.5. The molecule has 2 atom stereocenters. The molecule has 1 aliphatic rings. The van der Waals surface area contributed by atoms with Gasteiger partial charge in [0.05, 0.1) is 22.6 Å². The molecule has 0 saturated carbocycles. The number of rotatable bonds is 6. The normalized spacial score (nSPS) is 16.2. The number of amides is 2. The average Bonchev–Trinajstić information content (AvgIpc) is 3.54. The van der Waals surface area contributed by atoms with Crippen molar-refractivity contribution < 1.29 is 23.2 Å². The molecule has 0 aliphatic carbocycles. The van der Waals surface area contributed by atoms with Crippen molar-refractivity contribution in [1.29, 1.82) is 0 Å². The van der Waals surface area contributed by atoms with Gasteiger partial charge in [-0.1, -0.05) is 41.6 Å². The largest absolute Gasteiger partial charge is 0.383 e. The number of anilines is 1. The summed E-state index contributed by atoms with van der Waals surface area (Å²) in [6.45, 7) is 2.45. The van der Waals surface area contributed by atoms with Crippen molar-refractivity contribution in [3.05, 3.63) is 87.7 Å². The summed E-state index contributed by atoms with van der Waals surface area (Å²) in [5.41, 5.74) is 8.12. The number of nitrogens with one attached hydrogen (secondary N) is 1. The Kier molecular flexibility index (Phi) is 8.41. The molecule has 3 heterocycles. The third-order valence-electron chi connectivity index (χ3n) is 7.21. The number of alkyl halides is 1. The number of Topliss-reactive ketones (excluding diaryl/α,β-unsaturated/α-hetero) is 1. The Morgan fingerprint density at radius 3 is 2.74 bits per heavy atom. The van der Waals surface area contributed by atoms with Gasteiger partial charge in [0.1, 0.15) is 36.2 Å². The van der Waals surface area contributed by atoms with Gasteiger partial charge in [-0.05, 0) is 32.0 Å². The Morgan fingerprint density at radius 2 is 2.00 bits per heavy atom. The number of fused-ring (bicyclic) bond motifs is 1. The van der Waals surface area contributed by atoms with Crippen LogP contribution in [0.2, 0.25) is 5.02 Å². The minimum atomic E-state index is -1.41. The highest BCUT2D eigenvalue weighted by Crippen LogP contribution is 2.26. The number of ketones is 1. The van der Waals surface area contributed by atoms with Crippen LogP contribution >= 0.6 is 11.6 Å². The van der Waals surface area contributed by atoms with Crippen molar-refractivity contribution in [2.45, 2.75) is 45.6 Å². The van der Waals surface area contributed by atoms with Crippen LogP contribution in [-0.4, -0.2) is 55.8 Å². The first-order valence-corrected chi connectivity index (χ1v) is 13.8. The number of aryl methyl sites for hydroxylation is 1. The summed E-state index contributed by atoms with van der Waals surface area (Å²) in [5, 5.41) is 3.12. The Labute approximate surface area is 251 Å². The van der Waals surface area contributed by atoms with E-state index in [2.05, 4.69) is 27.1 Å². The summed E-state index contributed by atoms with van der Waals surface area (Å²) in [6, 6.07) is 8.56. The lowest BCUT2D eigenvalue weighted by Crippen LogP contribution is -2.46. The van der Waals surface area contributed by atoms with Crippen molar-refractivity contribution in [2.24, 2.45) is 0 Å². The van der Waals surface area contributed by atoms with Gasteiger partial charge in [0.15, 0.2) is 5.78 Å². The number of carbonyl (C=O) groups excluding carboxylic acids is 3. The van der Waals surface area contributed by atoms with Crippen molar-refractivity contribution in [2.75, 3.05) is 12.3 Å². The topological polar surface area (TPSA) is 123 Å². The Bertz CT molecular complexity index is 1830. The highest BCUT2D eigenvalue weighted by atomic mass is 35.5. The van der Waals surface area contributed by atoms with Gasteiger partial charge >= 0.3 is 0 Å². The zero-order valence-electron chi connectivity index (χ0n) is 23.3. The van der Waals surface area contributed by atoms with Crippen molar-refractivity contribution in [1.82, 2.24) is 24.8 Å². The fourth-order valence-corrected chi connectivity index (χ4v) is 5.23. The molecule has 2 amide bonds. The molecule has 3 N–H and O–H groups in total. The van der Waals surface area contributed by atoms with Crippen LogP contribution in [0.3, 0.4) is 0 Å². The standard InChI is InChI=1S/C31H27ClF2N6O3/c1-17(41)24-15-39(26-10-19(7-9-23(24)26)6-8-21-13-36-18(2)38-30(21)35)16-28(42)40-14-22(33)11-27(40)31(43)37-12-20-4-3-5-25(32)29(20)34/h3-5,7,9-10,13,15,22,27H,11-12,14,16H2,1-2H3,(H,37,43)(H2,35,36,38)/t22-,27+/m1/s1. The van der Waals surface area contributed by atoms with Crippen LogP contribution in [0.25, 0.3) is 10.9 Å². The van der Waals surface area contributed by atoms with Gasteiger partial charge in [-0.2, -0.15) is 0 Å². The van der Waals surface area contributed by atoms with Crippen molar-refractivity contribution >= 4 is 45.9 Å². The molecular formula is C31H27ClF2N6O3. The first kappa shape index (κ1) is 29.7. The highest BCUT2D eigenvalue weighted by molar-refractivity contribution is 6.30. The molecule has 2 aromatic heterocycles. The maximum absolute atomic E-state index is 14.5. The molecule has 4 aromatic rings. The summed E-state index contributed by atoms with van der Waals surface area (Å²) >= 11 is 5.82. The predicted molar refractivity (Wildman–Crippen MR) is 157 cm³/mol. The van der Waals surface area contributed by atoms with E-state index in [0.29, 0.717) is 33.4 Å². The van der Waals surface area contributed by atoms with Gasteiger partial charge in [0.25, 0.3) is 0 Å². The van der Waals surface area contributed by atoms with E-state index in [4.69, 9.17) is 17.3 Å². The van der Waals surface area contributed by atoms with E-state index in [-0.39, 0.29) is 48.2 Å². The fourth-order valence-electron chi connectivity index (χ4n) is 5.03. The minimum absolute atomic E-state index is 0.0837. The molecular weight excluding hydrogens is 578 g/mol. The van der Waals surface area contributed by atoms with E-state index in [1.165, 1.54) is 30.2 Å². The molecule has 12 heteroatoms. The second kappa shape index (κ2) is 12.2. The third kappa shape index (κ3) is 6.34. The van der Waals surface area contributed by atoms with Gasteiger partial charge < -0.3 is 20.5 Å². The number of benzene rings is 2. The van der Waals surface area contributed by atoms with Gasteiger partial charge in [-0.3, -0.25) is 14.4 Å². The summed E-state index contributed by atoms with van der Waals surface area (Å²) in [7, 11) is 0. The maximum Gasteiger partial charge on any atom is 0.243 e. The van der Waals surface area contributed by atoms with Crippen LogP contribution in [0, 0.1) is 24.6 Å². The van der Waals surface area contributed by atoms with E-state index in [0.717, 1.165) is 0 Å². The van der Waals surface area contributed by atoms with E-state index in [1.807, 2.05) is 0 Å². The van der Waals surface area contributed by atoms with Crippen molar-refractivity contribution in [3.63, 3.8) is 0 Å². The molecule has 43 heavy (non-hydrogen) atoms. The van der Waals surface area contributed by atoms with E-state index in [9.17, 15) is 23.2 Å². The molecule has 5 rings (SSSR count).